The molecular formula is C24H29N7O3. The van der Waals surface area contributed by atoms with E-state index in [4.69, 9.17) is 14.2 Å². The lowest BCUT2D eigenvalue weighted by Crippen LogP contribution is -2.40. The molecule has 0 spiro atoms. The number of nitrogens with one attached hydrogen (secondary N) is 1. The van der Waals surface area contributed by atoms with Gasteiger partial charge in [-0.2, -0.15) is 20.5 Å². The van der Waals surface area contributed by atoms with Crippen LogP contribution in [0.15, 0.2) is 55.0 Å². The third kappa shape index (κ3) is 5.46. The van der Waals surface area contributed by atoms with Crippen molar-refractivity contribution < 1.29 is 14.2 Å². The lowest BCUT2D eigenvalue weighted by Gasteiger charge is -2.29. The Morgan fingerprint density at radius 2 is 2.00 bits per heavy atom. The maximum Gasteiger partial charge on any atom is 0.320 e. The summed E-state index contributed by atoms with van der Waals surface area (Å²) in [5, 5.41) is 6.04. The Bertz CT molecular complexity index is 1140. The van der Waals surface area contributed by atoms with Crippen LogP contribution >= 0.6 is 0 Å². The van der Waals surface area contributed by atoms with E-state index < -0.39 is 0 Å². The normalized spacial score (nSPS) is 17.9. The van der Waals surface area contributed by atoms with Crippen LogP contribution in [0.4, 0.5) is 11.6 Å². The second kappa shape index (κ2) is 10.1. The minimum absolute atomic E-state index is 0.307. The monoisotopic (exact) mass is 463 g/mol. The molecule has 2 aliphatic rings. The van der Waals surface area contributed by atoms with Gasteiger partial charge in [-0.05, 0) is 36.3 Å². The number of hydrogen-bond donors (Lipinski definition) is 1. The van der Waals surface area contributed by atoms with Crippen molar-refractivity contribution in [2.75, 3.05) is 42.8 Å². The van der Waals surface area contributed by atoms with Gasteiger partial charge in [0, 0.05) is 45.0 Å². The molecule has 1 aromatic carbocycles. The smallest absolute Gasteiger partial charge is 0.320 e. The van der Waals surface area contributed by atoms with Crippen molar-refractivity contribution in [2.45, 2.75) is 19.6 Å². The summed E-state index contributed by atoms with van der Waals surface area (Å²) in [6, 6.07) is 10.3. The van der Waals surface area contributed by atoms with Crippen molar-refractivity contribution in [2.24, 2.45) is 7.05 Å². The zero-order chi connectivity index (χ0) is 23.3. The summed E-state index contributed by atoms with van der Waals surface area (Å²) in [5.74, 6) is 2.29. The van der Waals surface area contributed by atoms with Gasteiger partial charge in [-0.25, -0.2) is 0 Å². The molecule has 1 fully saturated rings. The molecule has 2 aromatic heterocycles. The molecule has 0 bridgehead atoms. The van der Waals surface area contributed by atoms with Gasteiger partial charge >= 0.3 is 6.01 Å². The van der Waals surface area contributed by atoms with E-state index in [1.807, 2.05) is 74.0 Å². The summed E-state index contributed by atoms with van der Waals surface area (Å²) in [5.41, 5.74) is 5.57. The molecule has 1 unspecified atom stereocenters. The summed E-state index contributed by atoms with van der Waals surface area (Å²) in [6.45, 7) is 5.39. The van der Waals surface area contributed by atoms with Gasteiger partial charge in [0.2, 0.25) is 0 Å². The van der Waals surface area contributed by atoms with E-state index in [1.54, 1.807) is 4.68 Å². The number of rotatable bonds is 8. The molecule has 0 saturated carbocycles. The van der Waals surface area contributed by atoms with Crippen LogP contribution in [0.3, 0.4) is 0 Å². The van der Waals surface area contributed by atoms with Crippen molar-refractivity contribution in [3.8, 4) is 11.8 Å². The number of anilines is 2. The number of aromatic nitrogens is 4. The maximum atomic E-state index is 6.05. The Morgan fingerprint density at radius 1 is 1.15 bits per heavy atom. The van der Waals surface area contributed by atoms with Crippen LogP contribution in [-0.2, 0) is 18.2 Å². The second-order valence-corrected chi connectivity index (χ2v) is 8.28. The minimum atomic E-state index is -0.307. The number of ether oxygens (including phenoxy) is 3. The molecule has 178 valence electrons. The topological polar surface area (TPSA) is 89.8 Å². The molecule has 0 radical (unpaired) electrons. The Labute approximate surface area is 198 Å². The molecule has 10 heteroatoms. The summed E-state index contributed by atoms with van der Waals surface area (Å²) in [7, 11) is 1.90. The van der Waals surface area contributed by atoms with E-state index in [2.05, 4.69) is 25.4 Å². The van der Waals surface area contributed by atoms with E-state index in [-0.39, 0.29) is 6.23 Å². The van der Waals surface area contributed by atoms with Crippen LogP contribution in [0.1, 0.15) is 11.1 Å². The van der Waals surface area contributed by atoms with Gasteiger partial charge in [-0.3, -0.25) is 9.69 Å². The van der Waals surface area contributed by atoms with Crippen molar-refractivity contribution in [1.82, 2.24) is 25.2 Å². The summed E-state index contributed by atoms with van der Waals surface area (Å²) in [6.07, 6.45) is 8.09. The number of benzene rings is 1. The van der Waals surface area contributed by atoms with Crippen LogP contribution in [0.2, 0.25) is 0 Å². The maximum absolute atomic E-state index is 6.05. The Morgan fingerprint density at radius 3 is 2.79 bits per heavy atom. The number of aryl methyl sites for hydroxylation is 2. The fourth-order valence-corrected chi connectivity index (χ4v) is 3.84. The molecule has 0 aliphatic carbocycles. The van der Waals surface area contributed by atoms with Crippen molar-refractivity contribution in [3.63, 3.8) is 0 Å². The zero-order valence-electron chi connectivity index (χ0n) is 19.4. The second-order valence-electron chi connectivity index (χ2n) is 8.28. The molecule has 1 saturated heterocycles. The van der Waals surface area contributed by atoms with Gasteiger partial charge in [0.25, 0.3) is 0 Å². The van der Waals surface area contributed by atoms with Crippen molar-refractivity contribution in [3.05, 3.63) is 66.1 Å². The van der Waals surface area contributed by atoms with E-state index in [9.17, 15) is 0 Å². The molecule has 34 heavy (non-hydrogen) atoms. The highest BCUT2D eigenvalue weighted by Crippen LogP contribution is 2.25. The van der Waals surface area contributed by atoms with Crippen LogP contribution in [-0.4, -0.2) is 58.9 Å². The molecule has 10 nitrogen and oxygen atoms in total. The highest BCUT2D eigenvalue weighted by molar-refractivity contribution is 5.54. The molecule has 1 N–H and O–H groups in total. The Balaban J connectivity index is 1.30. The first-order valence-electron chi connectivity index (χ1n) is 11.4. The summed E-state index contributed by atoms with van der Waals surface area (Å²) in [4.78, 5) is 11.5. The highest BCUT2D eigenvalue weighted by Gasteiger charge is 2.22. The minimum Gasteiger partial charge on any atom is -0.470 e. The fraction of sp³-hybridized carbons (Fsp3) is 0.375. The number of hydrazine groups is 1. The van der Waals surface area contributed by atoms with Crippen LogP contribution in [0.5, 0.6) is 11.8 Å². The lowest BCUT2D eigenvalue weighted by atomic mass is 10.2. The standard InChI is InChI=1S/C24H29N7O3/c1-18-4-3-5-20(14-18)34-23-6-8-31(28-23)22-15-21(30-9-12-32-13-10-30)26-24(27-22)33-11-7-19-16-25-29(2)17-19/h3-6,8,14-17,23,28H,7,9-13H2,1-2H3. The molecule has 2 aliphatic heterocycles. The van der Waals surface area contributed by atoms with Gasteiger partial charge in [0.15, 0.2) is 12.0 Å². The molecular weight excluding hydrogens is 434 g/mol. The lowest BCUT2D eigenvalue weighted by molar-refractivity contribution is 0.122. The quantitative estimate of drug-likeness (QED) is 0.540. The van der Waals surface area contributed by atoms with Crippen LogP contribution in [0.25, 0.3) is 0 Å². The third-order valence-corrected chi connectivity index (χ3v) is 5.57. The van der Waals surface area contributed by atoms with Crippen LogP contribution in [0, 0.1) is 6.92 Å². The first-order valence-corrected chi connectivity index (χ1v) is 11.4. The first-order chi connectivity index (χ1) is 16.6. The summed E-state index contributed by atoms with van der Waals surface area (Å²) < 4.78 is 19.3. The summed E-state index contributed by atoms with van der Waals surface area (Å²) >= 11 is 0. The van der Waals surface area contributed by atoms with Gasteiger partial charge in [0.05, 0.1) is 26.0 Å². The van der Waals surface area contributed by atoms with E-state index in [0.717, 1.165) is 42.2 Å². The molecule has 0 amide bonds. The third-order valence-electron chi connectivity index (χ3n) is 5.57. The van der Waals surface area contributed by atoms with E-state index in [1.165, 1.54) is 0 Å². The van der Waals surface area contributed by atoms with Crippen LogP contribution < -0.4 is 24.8 Å². The zero-order valence-corrected chi connectivity index (χ0v) is 19.4. The molecule has 3 aromatic rings. The number of nitrogens with zero attached hydrogens (tertiary/aromatic N) is 6. The number of morpholine rings is 1. The van der Waals surface area contributed by atoms with Gasteiger partial charge in [-0.1, -0.05) is 12.1 Å². The predicted molar refractivity (Wildman–Crippen MR) is 128 cm³/mol. The van der Waals surface area contributed by atoms with Crippen molar-refractivity contribution in [1.29, 1.82) is 0 Å². The molecule has 5 rings (SSSR count). The predicted octanol–water partition coefficient (Wildman–Crippen LogP) is 2.22. The average Bonchev–Trinajstić information content (AvgIpc) is 3.48. The van der Waals surface area contributed by atoms with Gasteiger partial charge in [0.1, 0.15) is 11.6 Å². The largest absolute Gasteiger partial charge is 0.470 e. The van der Waals surface area contributed by atoms with Gasteiger partial charge < -0.3 is 19.1 Å². The Kier molecular flexibility index (Phi) is 6.59. The SMILES string of the molecule is Cc1cccc(OC2C=CN(c3cc(N4CCOCC4)nc(OCCc4cnn(C)c4)n3)N2)c1. The van der Waals surface area contributed by atoms with E-state index >= 15 is 0 Å². The molecule has 4 heterocycles. The van der Waals surface area contributed by atoms with Gasteiger partial charge in [-0.15, -0.1) is 0 Å². The number of hydrogen-bond acceptors (Lipinski definition) is 9. The average molecular weight is 464 g/mol. The fourth-order valence-electron chi connectivity index (χ4n) is 3.84. The van der Waals surface area contributed by atoms with E-state index in [0.29, 0.717) is 31.6 Å². The van der Waals surface area contributed by atoms with Crippen molar-refractivity contribution >= 4 is 11.6 Å². The molecule has 1 atom stereocenters. The highest BCUT2D eigenvalue weighted by atomic mass is 16.5. The first kappa shape index (κ1) is 22.2. The Hall–Kier alpha value is -3.63.